The lowest BCUT2D eigenvalue weighted by molar-refractivity contribution is -0.140. The van der Waals surface area contributed by atoms with E-state index in [1.165, 1.54) is 14.2 Å². The molecule has 1 aromatic carbocycles. The average molecular weight is 312 g/mol. The van der Waals surface area contributed by atoms with Gasteiger partial charge in [-0.25, -0.2) is 9.59 Å². The Morgan fingerprint density at radius 1 is 1.24 bits per heavy atom. The van der Waals surface area contributed by atoms with Crippen LogP contribution in [-0.4, -0.2) is 32.1 Å². The van der Waals surface area contributed by atoms with Crippen LogP contribution < -0.4 is 9.47 Å². The summed E-state index contributed by atoms with van der Waals surface area (Å²) >= 11 is 0.784. The molecule has 1 aromatic rings. The predicted octanol–water partition coefficient (Wildman–Crippen LogP) is 3.01. The van der Waals surface area contributed by atoms with Gasteiger partial charge in [-0.3, -0.25) is 0 Å². The van der Waals surface area contributed by atoms with E-state index in [0.29, 0.717) is 10.6 Å². The standard InChI is InChI=1S/C14H16O6S/c1-5-19-13(15)9(2)20-11-8-6-7-10(17-3)12(11)21-14(16)18-4/h6-8H,2,5H2,1,3-4H3. The molecule has 21 heavy (non-hydrogen) atoms. The topological polar surface area (TPSA) is 71.1 Å². The lowest BCUT2D eigenvalue weighted by Gasteiger charge is -2.13. The minimum Gasteiger partial charge on any atom is -0.495 e. The van der Waals surface area contributed by atoms with Crippen LogP contribution in [0.4, 0.5) is 4.79 Å². The molecule has 0 amide bonds. The van der Waals surface area contributed by atoms with Gasteiger partial charge >= 0.3 is 11.3 Å². The largest absolute Gasteiger partial charge is 0.495 e. The molecule has 1 rings (SSSR count). The zero-order valence-electron chi connectivity index (χ0n) is 12.0. The van der Waals surface area contributed by atoms with Gasteiger partial charge < -0.3 is 18.9 Å². The Balaban J connectivity index is 3.03. The molecule has 114 valence electrons. The fourth-order valence-corrected chi connectivity index (χ4v) is 2.06. The van der Waals surface area contributed by atoms with Gasteiger partial charge in [0.05, 0.1) is 20.8 Å². The van der Waals surface area contributed by atoms with Crippen LogP contribution in [0.2, 0.25) is 0 Å². The van der Waals surface area contributed by atoms with E-state index in [-0.39, 0.29) is 18.1 Å². The number of hydrogen-bond donors (Lipinski definition) is 0. The van der Waals surface area contributed by atoms with Crippen molar-refractivity contribution in [3.8, 4) is 11.5 Å². The number of carbonyl (C=O) groups is 2. The summed E-state index contributed by atoms with van der Waals surface area (Å²) in [5.74, 6) is -0.187. The summed E-state index contributed by atoms with van der Waals surface area (Å²) in [7, 11) is 2.73. The first-order chi connectivity index (χ1) is 10.0. The highest BCUT2D eigenvalue weighted by atomic mass is 32.2. The normalized spacial score (nSPS) is 9.67. The molecule has 0 saturated carbocycles. The Bertz CT molecular complexity index is 540. The molecule has 0 bridgehead atoms. The lowest BCUT2D eigenvalue weighted by Crippen LogP contribution is -2.12. The number of methoxy groups -OCH3 is 2. The molecule has 0 N–H and O–H groups in total. The van der Waals surface area contributed by atoms with Gasteiger partial charge in [0.25, 0.3) is 0 Å². The number of rotatable bonds is 6. The summed E-state index contributed by atoms with van der Waals surface area (Å²) in [5, 5.41) is -0.536. The van der Waals surface area contributed by atoms with E-state index in [9.17, 15) is 9.59 Å². The van der Waals surface area contributed by atoms with E-state index < -0.39 is 11.3 Å². The summed E-state index contributed by atoms with van der Waals surface area (Å²) < 4.78 is 19.9. The summed E-state index contributed by atoms with van der Waals surface area (Å²) in [6.45, 7) is 5.39. The van der Waals surface area contributed by atoms with Crippen molar-refractivity contribution < 1.29 is 28.5 Å². The molecule has 0 spiro atoms. The van der Waals surface area contributed by atoms with Crippen molar-refractivity contribution in [2.75, 3.05) is 20.8 Å². The van der Waals surface area contributed by atoms with Crippen LogP contribution in [0.15, 0.2) is 35.4 Å². The molecule has 0 radical (unpaired) electrons. The maximum atomic E-state index is 11.5. The molecular weight excluding hydrogens is 296 g/mol. The second kappa shape index (κ2) is 8.21. The molecule has 0 aliphatic carbocycles. The highest BCUT2D eigenvalue weighted by Crippen LogP contribution is 2.39. The average Bonchev–Trinajstić information content (AvgIpc) is 2.48. The van der Waals surface area contributed by atoms with Crippen LogP contribution in [0.3, 0.4) is 0 Å². The minimum atomic E-state index is -0.672. The van der Waals surface area contributed by atoms with Crippen molar-refractivity contribution >= 4 is 23.0 Å². The highest BCUT2D eigenvalue weighted by Gasteiger charge is 2.19. The quantitative estimate of drug-likeness (QED) is 0.346. The van der Waals surface area contributed by atoms with E-state index in [4.69, 9.17) is 14.2 Å². The van der Waals surface area contributed by atoms with Crippen LogP contribution in [0.25, 0.3) is 0 Å². The van der Waals surface area contributed by atoms with Gasteiger partial charge in [0.1, 0.15) is 16.4 Å². The summed E-state index contributed by atoms with van der Waals surface area (Å²) in [5.41, 5.74) is 0. The molecule has 0 aliphatic heterocycles. The zero-order chi connectivity index (χ0) is 15.8. The first-order valence-electron chi connectivity index (χ1n) is 6.00. The summed E-state index contributed by atoms with van der Waals surface area (Å²) in [4.78, 5) is 23.3. The van der Waals surface area contributed by atoms with Crippen LogP contribution in [0.1, 0.15) is 6.92 Å². The monoisotopic (exact) mass is 312 g/mol. The van der Waals surface area contributed by atoms with Gasteiger partial charge in [-0.05, 0) is 25.6 Å². The summed E-state index contributed by atoms with van der Waals surface area (Å²) in [6.07, 6.45) is 0. The molecule has 0 aromatic heterocycles. The van der Waals surface area contributed by atoms with Gasteiger partial charge in [-0.15, -0.1) is 0 Å². The van der Waals surface area contributed by atoms with Crippen molar-refractivity contribution in [1.82, 2.24) is 0 Å². The van der Waals surface area contributed by atoms with E-state index in [2.05, 4.69) is 11.3 Å². The first-order valence-corrected chi connectivity index (χ1v) is 6.81. The molecule has 7 heteroatoms. The minimum absolute atomic E-state index is 0.184. The Kier molecular flexibility index (Phi) is 6.61. The van der Waals surface area contributed by atoms with Crippen molar-refractivity contribution in [2.24, 2.45) is 0 Å². The van der Waals surface area contributed by atoms with Crippen molar-refractivity contribution in [2.45, 2.75) is 11.8 Å². The molecule has 6 nitrogen and oxygen atoms in total. The van der Waals surface area contributed by atoms with Gasteiger partial charge in [0, 0.05) is 11.8 Å². The van der Waals surface area contributed by atoms with Gasteiger partial charge in [0.2, 0.25) is 5.76 Å². The Morgan fingerprint density at radius 3 is 2.48 bits per heavy atom. The van der Waals surface area contributed by atoms with Gasteiger partial charge in [-0.2, -0.15) is 0 Å². The van der Waals surface area contributed by atoms with Gasteiger partial charge in [-0.1, -0.05) is 6.07 Å². The Morgan fingerprint density at radius 2 is 1.90 bits per heavy atom. The van der Waals surface area contributed by atoms with Crippen LogP contribution in [-0.2, 0) is 14.3 Å². The number of esters is 1. The first kappa shape index (κ1) is 16.9. The molecule has 0 saturated heterocycles. The van der Waals surface area contributed by atoms with Crippen molar-refractivity contribution in [3.63, 3.8) is 0 Å². The number of thioether (sulfide) groups is 1. The van der Waals surface area contributed by atoms with E-state index in [1.807, 2.05) is 0 Å². The van der Waals surface area contributed by atoms with E-state index in [1.54, 1.807) is 25.1 Å². The number of benzene rings is 1. The third-order valence-corrected chi connectivity index (χ3v) is 3.19. The van der Waals surface area contributed by atoms with Crippen molar-refractivity contribution in [1.29, 1.82) is 0 Å². The predicted molar refractivity (Wildman–Crippen MR) is 77.7 cm³/mol. The van der Waals surface area contributed by atoms with Crippen LogP contribution in [0, 0.1) is 0 Å². The number of hydrogen-bond acceptors (Lipinski definition) is 7. The van der Waals surface area contributed by atoms with Crippen LogP contribution >= 0.6 is 11.8 Å². The van der Waals surface area contributed by atoms with Gasteiger partial charge in [0.15, 0.2) is 0 Å². The Labute approximate surface area is 127 Å². The third kappa shape index (κ3) is 4.71. The fraction of sp³-hybridized carbons (Fsp3) is 0.286. The summed E-state index contributed by atoms with van der Waals surface area (Å²) in [6, 6.07) is 4.90. The second-order valence-electron chi connectivity index (χ2n) is 3.59. The Hall–Kier alpha value is -2.15. The molecule has 0 aliphatic rings. The molecular formula is C14H16O6S. The van der Waals surface area contributed by atoms with E-state index >= 15 is 0 Å². The molecule has 0 fully saturated rings. The van der Waals surface area contributed by atoms with Crippen LogP contribution in [0.5, 0.6) is 11.5 Å². The lowest BCUT2D eigenvalue weighted by atomic mass is 10.3. The zero-order valence-corrected chi connectivity index (χ0v) is 12.8. The molecule has 0 atom stereocenters. The maximum Gasteiger partial charge on any atom is 0.373 e. The van der Waals surface area contributed by atoms with Crippen molar-refractivity contribution in [3.05, 3.63) is 30.5 Å². The van der Waals surface area contributed by atoms with E-state index in [0.717, 1.165) is 11.8 Å². The molecule has 0 unspecified atom stereocenters. The second-order valence-corrected chi connectivity index (χ2v) is 4.54. The number of carbonyl (C=O) groups excluding carboxylic acids is 2. The third-order valence-electron chi connectivity index (χ3n) is 2.25. The fourth-order valence-electron chi connectivity index (χ4n) is 1.35. The smallest absolute Gasteiger partial charge is 0.373 e. The SMILES string of the molecule is C=C(Oc1cccc(OC)c1SC(=O)OC)C(=O)OCC. The number of ether oxygens (including phenoxy) is 4. The maximum absolute atomic E-state index is 11.5. The highest BCUT2D eigenvalue weighted by molar-refractivity contribution is 8.13. The molecule has 0 heterocycles.